The van der Waals surface area contributed by atoms with Gasteiger partial charge in [0.05, 0.1) is 0 Å². The second-order valence-corrected chi connectivity index (χ2v) is 6.54. The molecule has 0 spiro atoms. The van der Waals surface area contributed by atoms with Crippen LogP contribution in [0.4, 0.5) is 17.5 Å². The topological polar surface area (TPSA) is 41.1 Å². The molecule has 2 heterocycles. The summed E-state index contributed by atoms with van der Waals surface area (Å²) in [5, 5.41) is 4.06. The van der Waals surface area contributed by atoms with E-state index >= 15 is 0 Å². The van der Waals surface area contributed by atoms with E-state index < -0.39 is 0 Å². The maximum atomic E-state index is 6.19. The zero-order valence-electron chi connectivity index (χ0n) is 13.8. The Morgan fingerprint density at radius 1 is 1.04 bits per heavy atom. The minimum absolute atomic E-state index is 0.634. The van der Waals surface area contributed by atoms with E-state index in [4.69, 9.17) is 16.6 Å². The van der Waals surface area contributed by atoms with Gasteiger partial charge in [0.15, 0.2) is 0 Å². The molecule has 1 aliphatic rings. The van der Waals surface area contributed by atoms with Crippen LogP contribution in [0.15, 0.2) is 24.3 Å². The molecule has 0 radical (unpaired) electrons. The van der Waals surface area contributed by atoms with Gasteiger partial charge in [-0.3, -0.25) is 0 Å². The summed E-state index contributed by atoms with van der Waals surface area (Å²) >= 11 is 6.19. The van der Waals surface area contributed by atoms with Gasteiger partial charge in [-0.05, 0) is 44.4 Å². The maximum absolute atomic E-state index is 6.19. The SMILES string of the molecule is Cc1cc(N2CCCCCC2)nc(Nc2cccc(Cl)c2C)n1. The Kier molecular flexibility index (Phi) is 5.01. The second kappa shape index (κ2) is 7.18. The molecule has 122 valence electrons. The first kappa shape index (κ1) is 16.1. The number of hydrogen-bond acceptors (Lipinski definition) is 4. The summed E-state index contributed by atoms with van der Waals surface area (Å²) in [6, 6.07) is 7.89. The fourth-order valence-electron chi connectivity index (χ4n) is 2.93. The molecule has 3 rings (SSSR count). The summed E-state index contributed by atoms with van der Waals surface area (Å²) in [5.41, 5.74) is 2.93. The molecule has 1 N–H and O–H groups in total. The van der Waals surface area contributed by atoms with Crippen LogP contribution in [-0.4, -0.2) is 23.1 Å². The first-order valence-corrected chi connectivity index (χ1v) is 8.64. The van der Waals surface area contributed by atoms with Crippen molar-refractivity contribution >= 4 is 29.1 Å². The second-order valence-electron chi connectivity index (χ2n) is 6.13. The third-order valence-corrected chi connectivity index (χ3v) is 4.69. The van der Waals surface area contributed by atoms with E-state index in [1.54, 1.807) is 0 Å². The molecule has 0 bridgehead atoms. The Balaban J connectivity index is 1.86. The highest BCUT2D eigenvalue weighted by Crippen LogP contribution is 2.26. The van der Waals surface area contributed by atoms with Gasteiger partial charge in [0.2, 0.25) is 5.95 Å². The normalized spacial score (nSPS) is 15.3. The summed E-state index contributed by atoms with van der Waals surface area (Å²) in [6.07, 6.45) is 5.10. The molecule has 4 nitrogen and oxygen atoms in total. The Labute approximate surface area is 142 Å². The van der Waals surface area contributed by atoms with Crippen molar-refractivity contribution in [3.63, 3.8) is 0 Å². The molecule has 1 aromatic heterocycles. The van der Waals surface area contributed by atoms with Crippen molar-refractivity contribution in [3.05, 3.63) is 40.5 Å². The van der Waals surface area contributed by atoms with Crippen LogP contribution >= 0.6 is 11.6 Å². The number of aromatic nitrogens is 2. The summed E-state index contributed by atoms with van der Waals surface area (Å²) < 4.78 is 0. The lowest BCUT2D eigenvalue weighted by atomic mass is 10.2. The molecular weight excluding hydrogens is 308 g/mol. The molecular formula is C18H23ClN4. The fraction of sp³-hybridized carbons (Fsp3) is 0.444. The van der Waals surface area contributed by atoms with Gasteiger partial charge in [0.1, 0.15) is 5.82 Å². The Morgan fingerprint density at radius 3 is 2.52 bits per heavy atom. The number of rotatable bonds is 3. The largest absolute Gasteiger partial charge is 0.356 e. The number of nitrogens with one attached hydrogen (secondary N) is 1. The monoisotopic (exact) mass is 330 g/mol. The van der Waals surface area contributed by atoms with E-state index in [-0.39, 0.29) is 0 Å². The number of benzene rings is 1. The standard InChI is InChI=1S/C18H23ClN4/c1-13-12-17(23-10-5-3-4-6-11-23)22-18(20-13)21-16-9-7-8-15(19)14(16)2/h7-9,12H,3-6,10-11H2,1-2H3,(H,20,21,22). The van der Waals surface area contributed by atoms with E-state index in [0.29, 0.717) is 5.95 Å². The minimum Gasteiger partial charge on any atom is -0.356 e. The molecule has 0 unspecified atom stereocenters. The van der Waals surface area contributed by atoms with Crippen molar-refractivity contribution in [1.29, 1.82) is 0 Å². The van der Waals surface area contributed by atoms with Gasteiger partial charge in [-0.15, -0.1) is 0 Å². The number of halogens is 1. The molecule has 1 aliphatic heterocycles. The number of aryl methyl sites for hydroxylation is 1. The summed E-state index contributed by atoms with van der Waals surface area (Å²) in [4.78, 5) is 11.6. The van der Waals surface area contributed by atoms with E-state index in [2.05, 4.69) is 21.3 Å². The van der Waals surface area contributed by atoms with Gasteiger partial charge in [-0.2, -0.15) is 4.98 Å². The van der Waals surface area contributed by atoms with Crippen molar-refractivity contribution in [2.75, 3.05) is 23.3 Å². The lowest BCUT2D eigenvalue weighted by Gasteiger charge is -2.22. The molecule has 2 aromatic rings. The molecule has 0 atom stereocenters. The zero-order valence-corrected chi connectivity index (χ0v) is 14.5. The molecule has 0 aliphatic carbocycles. The number of anilines is 3. The van der Waals surface area contributed by atoms with Gasteiger partial charge in [-0.1, -0.05) is 30.5 Å². The Bertz CT molecular complexity index is 679. The van der Waals surface area contributed by atoms with Crippen LogP contribution in [0.25, 0.3) is 0 Å². The average Bonchev–Trinajstić information content (AvgIpc) is 2.80. The van der Waals surface area contributed by atoms with Gasteiger partial charge in [0.25, 0.3) is 0 Å². The predicted molar refractivity (Wildman–Crippen MR) is 96.9 cm³/mol. The van der Waals surface area contributed by atoms with Crippen LogP contribution in [0.5, 0.6) is 0 Å². The average molecular weight is 331 g/mol. The van der Waals surface area contributed by atoms with Crippen LogP contribution in [-0.2, 0) is 0 Å². The molecule has 1 fully saturated rings. The lowest BCUT2D eigenvalue weighted by Crippen LogP contribution is -2.25. The predicted octanol–water partition coefficient (Wildman–Crippen LogP) is 4.87. The molecule has 1 saturated heterocycles. The van der Waals surface area contributed by atoms with Crippen LogP contribution in [0.2, 0.25) is 5.02 Å². The summed E-state index contributed by atoms with van der Waals surface area (Å²) in [5.74, 6) is 1.65. The zero-order chi connectivity index (χ0) is 16.2. The van der Waals surface area contributed by atoms with Crippen molar-refractivity contribution in [2.45, 2.75) is 39.5 Å². The first-order valence-electron chi connectivity index (χ1n) is 8.26. The summed E-state index contributed by atoms with van der Waals surface area (Å²) in [7, 11) is 0. The van der Waals surface area contributed by atoms with E-state index in [9.17, 15) is 0 Å². The van der Waals surface area contributed by atoms with Crippen LogP contribution in [0, 0.1) is 13.8 Å². The van der Waals surface area contributed by atoms with Crippen LogP contribution in [0.1, 0.15) is 36.9 Å². The first-order chi connectivity index (χ1) is 11.1. The van der Waals surface area contributed by atoms with Crippen LogP contribution in [0.3, 0.4) is 0 Å². The van der Waals surface area contributed by atoms with E-state index in [1.165, 1.54) is 25.7 Å². The Morgan fingerprint density at radius 2 is 1.78 bits per heavy atom. The van der Waals surface area contributed by atoms with Crippen molar-refractivity contribution in [1.82, 2.24) is 9.97 Å². The number of nitrogens with zero attached hydrogens (tertiary/aromatic N) is 3. The third-order valence-electron chi connectivity index (χ3n) is 4.28. The van der Waals surface area contributed by atoms with Gasteiger partial charge in [-0.25, -0.2) is 4.98 Å². The smallest absolute Gasteiger partial charge is 0.229 e. The van der Waals surface area contributed by atoms with Crippen molar-refractivity contribution < 1.29 is 0 Å². The maximum Gasteiger partial charge on any atom is 0.229 e. The van der Waals surface area contributed by atoms with Crippen molar-refractivity contribution in [2.24, 2.45) is 0 Å². The molecule has 23 heavy (non-hydrogen) atoms. The highest BCUT2D eigenvalue weighted by Gasteiger charge is 2.13. The molecule has 0 amide bonds. The van der Waals surface area contributed by atoms with Crippen LogP contribution < -0.4 is 10.2 Å². The minimum atomic E-state index is 0.634. The lowest BCUT2D eigenvalue weighted by molar-refractivity contribution is 0.726. The van der Waals surface area contributed by atoms with E-state index in [1.807, 2.05) is 32.0 Å². The third kappa shape index (κ3) is 3.94. The Hall–Kier alpha value is -1.81. The van der Waals surface area contributed by atoms with E-state index in [0.717, 1.165) is 40.9 Å². The van der Waals surface area contributed by atoms with Crippen molar-refractivity contribution in [3.8, 4) is 0 Å². The molecule has 5 heteroatoms. The molecule has 0 saturated carbocycles. The fourth-order valence-corrected chi connectivity index (χ4v) is 3.11. The highest BCUT2D eigenvalue weighted by atomic mass is 35.5. The number of hydrogen-bond donors (Lipinski definition) is 1. The highest BCUT2D eigenvalue weighted by molar-refractivity contribution is 6.31. The van der Waals surface area contributed by atoms with Gasteiger partial charge in [0, 0.05) is 35.6 Å². The molecule has 1 aromatic carbocycles. The van der Waals surface area contributed by atoms with Gasteiger partial charge < -0.3 is 10.2 Å². The summed E-state index contributed by atoms with van der Waals surface area (Å²) in [6.45, 7) is 6.16. The quantitative estimate of drug-likeness (QED) is 0.871. The van der Waals surface area contributed by atoms with Gasteiger partial charge >= 0.3 is 0 Å².